The van der Waals surface area contributed by atoms with Gasteiger partial charge in [0.15, 0.2) is 5.69 Å². The number of carbonyl (C=O) groups is 1. The van der Waals surface area contributed by atoms with Crippen molar-refractivity contribution < 1.29 is 13.8 Å². The van der Waals surface area contributed by atoms with Gasteiger partial charge in [-0.3, -0.25) is 4.79 Å². The fourth-order valence-electron chi connectivity index (χ4n) is 2.96. The summed E-state index contributed by atoms with van der Waals surface area (Å²) in [7, 11) is 0. The van der Waals surface area contributed by atoms with Crippen LogP contribution in [0.4, 0.5) is 0 Å². The molecule has 1 aliphatic carbocycles. The van der Waals surface area contributed by atoms with E-state index in [1.807, 2.05) is 17.9 Å². The minimum atomic E-state index is -0.0752. The highest BCUT2D eigenvalue weighted by atomic mass is 16.5. The first-order valence-electron chi connectivity index (χ1n) is 7.43. The van der Waals surface area contributed by atoms with Gasteiger partial charge in [0.2, 0.25) is 0 Å². The van der Waals surface area contributed by atoms with E-state index >= 15 is 0 Å². The van der Waals surface area contributed by atoms with E-state index in [-0.39, 0.29) is 11.9 Å². The van der Waals surface area contributed by atoms with Gasteiger partial charge in [-0.2, -0.15) is 0 Å². The number of hydrogen-bond acceptors (Lipinski definition) is 5. The zero-order chi connectivity index (χ0) is 14.4. The monoisotopic (exact) mass is 287 g/mol. The highest BCUT2D eigenvalue weighted by Crippen LogP contribution is 2.40. The lowest BCUT2D eigenvalue weighted by Crippen LogP contribution is -2.30. The molecule has 1 saturated heterocycles. The summed E-state index contributed by atoms with van der Waals surface area (Å²) in [4.78, 5) is 14.5. The van der Waals surface area contributed by atoms with Crippen molar-refractivity contribution in [2.24, 2.45) is 0 Å². The number of carbonyl (C=O) groups excluding carboxylic acids is 1. The predicted molar refractivity (Wildman–Crippen MR) is 72.7 cm³/mol. The number of likely N-dealkylation sites (tertiary alicyclic amines) is 1. The third-order valence-electron chi connectivity index (χ3n) is 4.23. The largest absolute Gasteiger partial charge is 0.361 e. The van der Waals surface area contributed by atoms with Gasteiger partial charge in [-0.25, -0.2) is 0 Å². The first-order valence-corrected chi connectivity index (χ1v) is 7.43. The fourth-order valence-corrected chi connectivity index (χ4v) is 2.96. The second-order valence-corrected chi connectivity index (χ2v) is 5.91. The molecular weight excluding hydrogens is 270 g/mol. The lowest BCUT2D eigenvalue weighted by Gasteiger charge is -2.21. The molecule has 21 heavy (non-hydrogen) atoms. The van der Waals surface area contributed by atoms with E-state index in [4.69, 9.17) is 9.05 Å². The van der Waals surface area contributed by atoms with Gasteiger partial charge in [0, 0.05) is 24.6 Å². The van der Waals surface area contributed by atoms with Crippen LogP contribution in [0, 0.1) is 6.92 Å². The summed E-state index contributed by atoms with van der Waals surface area (Å²) < 4.78 is 10.4. The summed E-state index contributed by atoms with van der Waals surface area (Å²) in [6.07, 6.45) is 4.14. The van der Waals surface area contributed by atoms with Crippen LogP contribution in [-0.2, 0) is 0 Å². The van der Waals surface area contributed by atoms with Gasteiger partial charge in [0.25, 0.3) is 5.91 Å². The van der Waals surface area contributed by atoms with Crippen LogP contribution in [0.1, 0.15) is 65.3 Å². The van der Waals surface area contributed by atoms with E-state index < -0.39 is 0 Å². The van der Waals surface area contributed by atoms with Crippen molar-refractivity contribution in [2.75, 3.05) is 6.54 Å². The Hall–Kier alpha value is -2.11. The molecule has 0 bridgehead atoms. The van der Waals surface area contributed by atoms with Crippen molar-refractivity contribution in [3.05, 3.63) is 35.0 Å². The van der Waals surface area contributed by atoms with Crippen molar-refractivity contribution in [1.82, 2.24) is 15.2 Å². The van der Waals surface area contributed by atoms with Gasteiger partial charge in [0.1, 0.15) is 17.2 Å². The topological polar surface area (TPSA) is 72.4 Å². The van der Waals surface area contributed by atoms with E-state index in [0.29, 0.717) is 11.6 Å². The summed E-state index contributed by atoms with van der Waals surface area (Å²) in [5.74, 6) is 1.99. The van der Waals surface area contributed by atoms with Crippen LogP contribution in [0.3, 0.4) is 0 Å². The molecule has 1 saturated carbocycles. The van der Waals surface area contributed by atoms with Gasteiger partial charge >= 0.3 is 0 Å². The van der Waals surface area contributed by atoms with E-state index in [1.54, 1.807) is 6.07 Å². The van der Waals surface area contributed by atoms with Crippen LogP contribution < -0.4 is 0 Å². The molecule has 6 nitrogen and oxygen atoms in total. The van der Waals surface area contributed by atoms with Crippen molar-refractivity contribution >= 4 is 5.91 Å². The Morgan fingerprint density at radius 1 is 1.24 bits per heavy atom. The molecular formula is C15H17N3O3. The Balaban J connectivity index is 1.56. The standard InChI is InChI=1S/C15H17N3O3/c1-9-7-11(16-20-9)13-3-2-6-18(13)15(19)12-8-14(21-17-12)10-4-5-10/h7-8,10,13H,2-6H2,1H3/t13-/m1/s1. The maximum Gasteiger partial charge on any atom is 0.276 e. The maximum atomic E-state index is 12.6. The molecule has 6 heteroatoms. The number of hydrogen-bond donors (Lipinski definition) is 0. The van der Waals surface area contributed by atoms with E-state index in [0.717, 1.165) is 49.4 Å². The molecule has 4 rings (SSSR count). The lowest BCUT2D eigenvalue weighted by molar-refractivity contribution is 0.0720. The molecule has 0 unspecified atom stereocenters. The van der Waals surface area contributed by atoms with Gasteiger partial charge in [-0.1, -0.05) is 10.3 Å². The van der Waals surface area contributed by atoms with Crippen molar-refractivity contribution in [1.29, 1.82) is 0 Å². The zero-order valence-electron chi connectivity index (χ0n) is 11.9. The van der Waals surface area contributed by atoms with Crippen LogP contribution in [0.25, 0.3) is 0 Å². The molecule has 0 N–H and O–H groups in total. The Morgan fingerprint density at radius 2 is 2.10 bits per heavy atom. The van der Waals surface area contributed by atoms with Crippen LogP contribution in [0.5, 0.6) is 0 Å². The van der Waals surface area contributed by atoms with Gasteiger partial charge in [-0.15, -0.1) is 0 Å². The highest BCUT2D eigenvalue weighted by Gasteiger charge is 2.35. The molecule has 1 atom stereocenters. The summed E-state index contributed by atoms with van der Waals surface area (Å²) in [5, 5.41) is 8.00. The van der Waals surface area contributed by atoms with Crippen LogP contribution >= 0.6 is 0 Å². The molecule has 0 spiro atoms. The van der Waals surface area contributed by atoms with Crippen LogP contribution in [0.2, 0.25) is 0 Å². The fraction of sp³-hybridized carbons (Fsp3) is 0.533. The highest BCUT2D eigenvalue weighted by molar-refractivity contribution is 5.92. The Labute approximate surface area is 122 Å². The van der Waals surface area contributed by atoms with Gasteiger partial charge < -0.3 is 13.9 Å². The average Bonchev–Trinajstić information content (AvgIpc) is 2.94. The quantitative estimate of drug-likeness (QED) is 0.868. The molecule has 2 aliphatic rings. The normalized spacial score (nSPS) is 22.0. The first kappa shape index (κ1) is 12.6. The predicted octanol–water partition coefficient (Wildman–Crippen LogP) is 2.83. The molecule has 0 aromatic carbocycles. The molecule has 110 valence electrons. The second-order valence-electron chi connectivity index (χ2n) is 5.91. The zero-order valence-corrected chi connectivity index (χ0v) is 11.9. The first-order chi connectivity index (χ1) is 10.2. The number of amides is 1. The summed E-state index contributed by atoms with van der Waals surface area (Å²) in [5.41, 5.74) is 1.23. The van der Waals surface area contributed by atoms with E-state index in [9.17, 15) is 4.79 Å². The minimum Gasteiger partial charge on any atom is -0.361 e. The van der Waals surface area contributed by atoms with Gasteiger partial charge in [-0.05, 0) is 32.6 Å². The number of nitrogens with zero attached hydrogens (tertiary/aromatic N) is 3. The Kier molecular flexibility index (Phi) is 2.83. The lowest BCUT2D eigenvalue weighted by atomic mass is 10.1. The molecule has 3 heterocycles. The maximum absolute atomic E-state index is 12.6. The third-order valence-corrected chi connectivity index (χ3v) is 4.23. The molecule has 1 aliphatic heterocycles. The molecule has 2 aromatic heterocycles. The molecule has 0 radical (unpaired) electrons. The van der Waals surface area contributed by atoms with Gasteiger partial charge in [0.05, 0.1) is 6.04 Å². The summed E-state index contributed by atoms with van der Waals surface area (Å²) >= 11 is 0. The van der Waals surface area contributed by atoms with Crippen LogP contribution in [0.15, 0.2) is 21.2 Å². The molecule has 2 aromatic rings. The SMILES string of the molecule is Cc1cc([C@H]2CCCN2C(=O)c2cc(C3CC3)on2)no1. The Morgan fingerprint density at radius 3 is 2.81 bits per heavy atom. The van der Waals surface area contributed by atoms with Crippen LogP contribution in [-0.4, -0.2) is 27.7 Å². The van der Waals surface area contributed by atoms with Crippen molar-refractivity contribution in [3.8, 4) is 0 Å². The smallest absolute Gasteiger partial charge is 0.276 e. The number of aryl methyl sites for hydroxylation is 1. The number of aromatic nitrogens is 2. The summed E-state index contributed by atoms with van der Waals surface area (Å²) in [6.45, 7) is 2.58. The van der Waals surface area contributed by atoms with Crippen molar-refractivity contribution in [3.63, 3.8) is 0 Å². The molecule has 1 amide bonds. The second kappa shape index (κ2) is 4.72. The third kappa shape index (κ3) is 2.24. The van der Waals surface area contributed by atoms with E-state index in [2.05, 4.69) is 10.3 Å². The average molecular weight is 287 g/mol. The minimum absolute atomic E-state index is 0.0176. The van der Waals surface area contributed by atoms with Crippen molar-refractivity contribution in [2.45, 2.75) is 44.6 Å². The molecule has 2 fully saturated rings. The summed E-state index contributed by atoms with van der Waals surface area (Å²) in [6, 6.07) is 3.68. The Bertz CT molecular complexity index is 671. The van der Waals surface area contributed by atoms with E-state index in [1.165, 1.54) is 0 Å². The number of rotatable bonds is 3.